The molecule has 0 spiro atoms. The summed E-state index contributed by atoms with van der Waals surface area (Å²) in [6, 6.07) is 22.9. The third-order valence-electron chi connectivity index (χ3n) is 5.40. The van der Waals surface area contributed by atoms with Crippen molar-refractivity contribution in [2.45, 2.75) is 39.3 Å². The van der Waals surface area contributed by atoms with Crippen molar-refractivity contribution in [3.8, 4) is 0 Å². The molecular formula is C27H29FN2O2. The van der Waals surface area contributed by atoms with Crippen molar-refractivity contribution in [3.63, 3.8) is 0 Å². The molecule has 1 N–H and O–H groups in total. The smallest absolute Gasteiger partial charge is 0.243 e. The lowest BCUT2D eigenvalue weighted by atomic mass is 10.0. The van der Waals surface area contributed by atoms with E-state index in [2.05, 4.69) is 5.32 Å². The highest BCUT2D eigenvalue weighted by Crippen LogP contribution is 2.18. The number of halogens is 1. The van der Waals surface area contributed by atoms with E-state index in [4.69, 9.17) is 0 Å². The Hall–Kier alpha value is -3.47. The molecule has 0 radical (unpaired) electrons. The van der Waals surface area contributed by atoms with Crippen LogP contribution >= 0.6 is 0 Å². The number of nitrogens with zero attached hydrogens (tertiary/aromatic N) is 1. The van der Waals surface area contributed by atoms with Gasteiger partial charge in [-0.25, -0.2) is 4.39 Å². The monoisotopic (exact) mass is 432 g/mol. The number of amides is 2. The number of hydrogen-bond acceptors (Lipinski definition) is 2. The Kier molecular flexibility index (Phi) is 8.14. The van der Waals surface area contributed by atoms with Crippen LogP contribution in [-0.2, 0) is 29.0 Å². The van der Waals surface area contributed by atoms with Gasteiger partial charge in [-0.3, -0.25) is 9.59 Å². The Bertz CT molecular complexity index is 1040. The largest absolute Gasteiger partial charge is 0.355 e. The molecule has 3 rings (SSSR count). The van der Waals surface area contributed by atoms with E-state index >= 15 is 0 Å². The molecule has 5 heteroatoms. The molecule has 32 heavy (non-hydrogen) atoms. The average Bonchev–Trinajstić information content (AvgIpc) is 2.79. The minimum absolute atomic E-state index is 0.0198. The van der Waals surface area contributed by atoms with Gasteiger partial charge in [0.15, 0.2) is 0 Å². The van der Waals surface area contributed by atoms with E-state index in [1.165, 1.54) is 11.0 Å². The molecule has 0 heterocycles. The van der Waals surface area contributed by atoms with Gasteiger partial charge in [0, 0.05) is 25.1 Å². The van der Waals surface area contributed by atoms with Gasteiger partial charge in [0.25, 0.3) is 0 Å². The van der Waals surface area contributed by atoms with Crippen molar-refractivity contribution < 1.29 is 14.0 Å². The molecule has 0 fully saturated rings. The molecule has 1 atom stereocenters. The number of hydrogen-bond donors (Lipinski definition) is 1. The second-order valence-electron chi connectivity index (χ2n) is 7.88. The van der Waals surface area contributed by atoms with Gasteiger partial charge in [0.2, 0.25) is 11.8 Å². The maximum absolute atomic E-state index is 14.5. The Morgan fingerprint density at radius 1 is 0.906 bits per heavy atom. The highest BCUT2D eigenvalue weighted by Gasteiger charge is 2.30. The van der Waals surface area contributed by atoms with Gasteiger partial charge >= 0.3 is 0 Å². The van der Waals surface area contributed by atoms with Crippen LogP contribution < -0.4 is 5.32 Å². The molecule has 2 amide bonds. The molecule has 0 saturated heterocycles. The highest BCUT2D eigenvalue weighted by atomic mass is 19.1. The summed E-state index contributed by atoms with van der Waals surface area (Å²) in [4.78, 5) is 28.1. The highest BCUT2D eigenvalue weighted by molar-refractivity contribution is 5.88. The van der Waals surface area contributed by atoms with E-state index in [0.29, 0.717) is 18.5 Å². The lowest BCUT2D eigenvalue weighted by Gasteiger charge is -2.31. The second-order valence-corrected chi connectivity index (χ2v) is 7.88. The van der Waals surface area contributed by atoms with E-state index in [1.54, 1.807) is 18.2 Å². The Morgan fingerprint density at radius 2 is 1.56 bits per heavy atom. The summed E-state index contributed by atoms with van der Waals surface area (Å²) >= 11 is 0. The molecule has 3 aromatic rings. The van der Waals surface area contributed by atoms with Crippen LogP contribution in [0.5, 0.6) is 0 Å². The van der Waals surface area contributed by atoms with E-state index in [-0.39, 0.29) is 24.8 Å². The van der Waals surface area contributed by atoms with Gasteiger partial charge < -0.3 is 10.2 Å². The first-order valence-electron chi connectivity index (χ1n) is 10.9. The zero-order chi connectivity index (χ0) is 22.9. The normalized spacial score (nSPS) is 11.6. The van der Waals surface area contributed by atoms with Crippen molar-refractivity contribution in [3.05, 3.63) is 107 Å². The Morgan fingerprint density at radius 3 is 2.22 bits per heavy atom. The molecule has 0 aliphatic rings. The van der Waals surface area contributed by atoms with Crippen LogP contribution in [0.3, 0.4) is 0 Å². The number of aryl methyl sites for hydroxylation is 1. The number of benzene rings is 3. The molecule has 0 bridgehead atoms. The lowest BCUT2D eigenvalue weighted by molar-refractivity contribution is -0.140. The van der Waals surface area contributed by atoms with E-state index in [0.717, 1.165) is 16.7 Å². The molecule has 166 valence electrons. The quantitative estimate of drug-likeness (QED) is 0.543. The van der Waals surface area contributed by atoms with Crippen LogP contribution in [0.2, 0.25) is 0 Å². The number of likely N-dealkylation sites (N-methyl/N-ethyl adjacent to an activating group) is 1. The van der Waals surface area contributed by atoms with Gasteiger partial charge in [-0.2, -0.15) is 0 Å². The van der Waals surface area contributed by atoms with E-state index < -0.39 is 11.9 Å². The van der Waals surface area contributed by atoms with Crippen LogP contribution in [0, 0.1) is 12.7 Å². The molecule has 1 unspecified atom stereocenters. The number of carbonyl (C=O) groups is 2. The molecular weight excluding hydrogens is 403 g/mol. The van der Waals surface area contributed by atoms with Crippen molar-refractivity contribution in [2.24, 2.45) is 0 Å². The average molecular weight is 433 g/mol. The summed E-state index contributed by atoms with van der Waals surface area (Å²) in [5.41, 5.74) is 3.28. The van der Waals surface area contributed by atoms with Crippen molar-refractivity contribution in [2.75, 3.05) is 6.54 Å². The van der Waals surface area contributed by atoms with E-state index in [1.807, 2.05) is 68.4 Å². The summed E-state index contributed by atoms with van der Waals surface area (Å²) in [6.45, 7) is 4.30. The first-order chi connectivity index (χ1) is 15.5. The van der Waals surface area contributed by atoms with Crippen LogP contribution in [0.15, 0.2) is 78.9 Å². The first-order valence-corrected chi connectivity index (χ1v) is 10.9. The van der Waals surface area contributed by atoms with Gasteiger partial charge in [-0.05, 0) is 31.0 Å². The Balaban J connectivity index is 1.95. The zero-order valence-corrected chi connectivity index (χ0v) is 18.6. The molecule has 3 aromatic carbocycles. The van der Waals surface area contributed by atoms with E-state index in [9.17, 15) is 14.0 Å². The predicted octanol–water partition coefficient (Wildman–Crippen LogP) is 4.45. The third-order valence-corrected chi connectivity index (χ3v) is 5.40. The zero-order valence-electron chi connectivity index (χ0n) is 18.6. The number of nitrogens with one attached hydrogen (secondary N) is 1. The molecule has 0 aliphatic heterocycles. The minimum atomic E-state index is -0.755. The van der Waals surface area contributed by atoms with Gasteiger partial charge in [0.05, 0.1) is 6.42 Å². The molecule has 0 aliphatic carbocycles. The maximum atomic E-state index is 14.5. The maximum Gasteiger partial charge on any atom is 0.243 e. The fourth-order valence-electron chi connectivity index (χ4n) is 3.64. The van der Waals surface area contributed by atoms with Crippen molar-refractivity contribution >= 4 is 11.8 Å². The SMILES string of the molecule is CCNC(=O)C(Cc1ccccc1)N(Cc1ccccc1F)C(=O)Cc1ccc(C)cc1. The number of carbonyl (C=O) groups excluding carboxylic acids is 2. The van der Waals surface area contributed by atoms with Gasteiger partial charge in [-0.1, -0.05) is 78.4 Å². The molecule has 0 aromatic heterocycles. The fraction of sp³-hybridized carbons (Fsp3) is 0.259. The summed E-state index contributed by atoms with van der Waals surface area (Å²) in [5.74, 6) is -0.857. The first kappa shape index (κ1) is 23.2. The summed E-state index contributed by atoms with van der Waals surface area (Å²) < 4.78 is 14.5. The van der Waals surface area contributed by atoms with Crippen molar-refractivity contribution in [1.82, 2.24) is 10.2 Å². The second kappa shape index (κ2) is 11.2. The predicted molar refractivity (Wildman–Crippen MR) is 124 cm³/mol. The van der Waals surface area contributed by atoms with Crippen LogP contribution in [0.1, 0.15) is 29.2 Å². The van der Waals surface area contributed by atoms with Gasteiger partial charge in [0.1, 0.15) is 11.9 Å². The van der Waals surface area contributed by atoms with Crippen LogP contribution in [0.4, 0.5) is 4.39 Å². The van der Waals surface area contributed by atoms with Crippen molar-refractivity contribution in [1.29, 1.82) is 0 Å². The fourth-order valence-corrected chi connectivity index (χ4v) is 3.64. The third kappa shape index (κ3) is 6.27. The van der Waals surface area contributed by atoms with Crippen LogP contribution in [-0.4, -0.2) is 29.3 Å². The number of rotatable bonds is 9. The molecule has 4 nitrogen and oxygen atoms in total. The summed E-state index contributed by atoms with van der Waals surface area (Å²) in [5, 5.41) is 2.85. The Labute approximate surface area is 189 Å². The standard InChI is InChI=1S/C27H29FN2O2/c1-3-29-27(32)25(17-21-9-5-4-6-10-21)30(19-23-11-7-8-12-24(23)28)26(31)18-22-15-13-20(2)14-16-22/h4-16,25H,3,17-19H2,1-2H3,(H,29,32). The van der Waals surface area contributed by atoms with Gasteiger partial charge in [-0.15, -0.1) is 0 Å². The van der Waals surface area contributed by atoms with Crippen LogP contribution in [0.25, 0.3) is 0 Å². The summed E-state index contributed by atoms with van der Waals surface area (Å²) in [6.07, 6.45) is 0.486. The topological polar surface area (TPSA) is 49.4 Å². The summed E-state index contributed by atoms with van der Waals surface area (Å²) in [7, 11) is 0. The lowest BCUT2D eigenvalue weighted by Crippen LogP contribution is -2.51. The minimum Gasteiger partial charge on any atom is -0.355 e. The molecule has 0 saturated carbocycles.